The van der Waals surface area contributed by atoms with Gasteiger partial charge in [-0.25, -0.2) is 5.43 Å². The van der Waals surface area contributed by atoms with Crippen LogP contribution in [-0.2, 0) is 9.53 Å². The molecule has 1 atom stereocenters. The van der Waals surface area contributed by atoms with Crippen LogP contribution in [0, 0.1) is 5.92 Å². The average Bonchev–Trinajstić information content (AvgIpc) is 2.43. The molecule has 1 aliphatic rings. The lowest BCUT2D eigenvalue weighted by Gasteiger charge is -2.35. The van der Waals surface area contributed by atoms with Crippen molar-refractivity contribution in [3.05, 3.63) is 35.4 Å². The molecular formula is C15H20N2O3. The van der Waals surface area contributed by atoms with Crippen LogP contribution in [0.2, 0.25) is 0 Å². The molecule has 2 rings (SSSR count). The van der Waals surface area contributed by atoms with E-state index >= 15 is 0 Å². The van der Waals surface area contributed by atoms with Crippen LogP contribution in [0.4, 0.5) is 0 Å². The first-order chi connectivity index (χ1) is 9.52. The molecule has 1 N–H and O–H groups in total. The molecule has 0 aromatic heterocycles. The third-order valence-electron chi connectivity index (χ3n) is 3.27. The number of ether oxygens (including phenoxy) is 1. The van der Waals surface area contributed by atoms with E-state index in [-0.39, 0.29) is 24.3 Å². The summed E-state index contributed by atoms with van der Waals surface area (Å²) in [5.74, 6) is 0.00190. The fourth-order valence-corrected chi connectivity index (χ4v) is 2.36. The van der Waals surface area contributed by atoms with Gasteiger partial charge in [0, 0.05) is 12.1 Å². The lowest BCUT2D eigenvalue weighted by Crippen LogP contribution is -2.51. The lowest BCUT2D eigenvalue weighted by atomic mass is 9.95. The molecule has 5 nitrogen and oxygen atoms in total. The number of esters is 1. The highest BCUT2D eigenvalue weighted by Crippen LogP contribution is 2.27. The number of carbonyl (C=O) groups is 2. The number of rotatable bonds is 4. The maximum atomic E-state index is 12.4. The number of hydrogen-bond donors (Lipinski definition) is 1. The van der Waals surface area contributed by atoms with Crippen molar-refractivity contribution in [1.29, 1.82) is 0 Å². The predicted molar refractivity (Wildman–Crippen MR) is 74.8 cm³/mol. The zero-order valence-corrected chi connectivity index (χ0v) is 12.1. The molecule has 0 saturated carbocycles. The summed E-state index contributed by atoms with van der Waals surface area (Å²) in [5, 5.41) is 1.60. The minimum Gasteiger partial charge on any atom is -0.469 e. The van der Waals surface area contributed by atoms with Gasteiger partial charge in [0.05, 0.1) is 19.6 Å². The van der Waals surface area contributed by atoms with Crippen LogP contribution in [0.3, 0.4) is 0 Å². The summed E-state index contributed by atoms with van der Waals surface area (Å²) >= 11 is 0. The van der Waals surface area contributed by atoms with Crippen molar-refractivity contribution < 1.29 is 14.3 Å². The molecule has 1 heterocycles. The Balaban J connectivity index is 2.30. The molecule has 1 amide bonds. The van der Waals surface area contributed by atoms with Crippen molar-refractivity contribution in [3.8, 4) is 0 Å². The van der Waals surface area contributed by atoms with Gasteiger partial charge in [-0.15, -0.1) is 0 Å². The highest BCUT2D eigenvalue weighted by atomic mass is 16.5. The molecule has 0 bridgehead atoms. The number of fused-ring (bicyclic) bond motifs is 1. The van der Waals surface area contributed by atoms with Crippen LogP contribution in [-0.4, -0.2) is 30.5 Å². The molecule has 0 fully saturated rings. The van der Waals surface area contributed by atoms with Gasteiger partial charge in [0.1, 0.15) is 0 Å². The summed E-state index contributed by atoms with van der Waals surface area (Å²) in [5.41, 5.74) is 4.64. The van der Waals surface area contributed by atoms with Crippen LogP contribution in [0.1, 0.15) is 42.2 Å². The zero-order valence-electron chi connectivity index (χ0n) is 12.1. The number of nitrogens with zero attached hydrogens (tertiary/aromatic N) is 1. The minimum atomic E-state index is -0.295. The number of nitrogens with one attached hydrogen (secondary N) is 1. The van der Waals surface area contributed by atoms with Gasteiger partial charge < -0.3 is 4.74 Å². The molecule has 1 unspecified atom stereocenters. The van der Waals surface area contributed by atoms with Crippen molar-refractivity contribution in [3.63, 3.8) is 0 Å². The van der Waals surface area contributed by atoms with Gasteiger partial charge in [-0.2, -0.15) is 0 Å². The molecular weight excluding hydrogens is 256 g/mol. The average molecular weight is 276 g/mol. The van der Waals surface area contributed by atoms with Gasteiger partial charge in [-0.1, -0.05) is 32.0 Å². The SMILES string of the molecule is COC(=O)CC1NN(CC(C)C)C(=O)c2ccccc21. The largest absolute Gasteiger partial charge is 0.469 e. The molecule has 0 saturated heterocycles. The summed E-state index contributed by atoms with van der Waals surface area (Å²) in [4.78, 5) is 23.9. The lowest BCUT2D eigenvalue weighted by molar-refractivity contribution is -0.141. The fourth-order valence-electron chi connectivity index (χ4n) is 2.36. The summed E-state index contributed by atoms with van der Waals surface area (Å²) in [7, 11) is 1.37. The highest BCUT2D eigenvalue weighted by molar-refractivity contribution is 5.96. The van der Waals surface area contributed by atoms with Crippen LogP contribution in [0.5, 0.6) is 0 Å². The van der Waals surface area contributed by atoms with Crippen LogP contribution >= 0.6 is 0 Å². The molecule has 5 heteroatoms. The maximum Gasteiger partial charge on any atom is 0.307 e. The Bertz CT molecular complexity index is 514. The Morgan fingerprint density at radius 2 is 2.10 bits per heavy atom. The first kappa shape index (κ1) is 14.5. The number of methoxy groups -OCH3 is 1. The highest BCUT2D eigenvalue weighted by Gasteiger charge is 2.32. The van der Waals surface area contributed by atoms with Crippen LogP contribution in [0.25, 0.3) is 0 Å². The number of amides is 1. The standard InChI is InChI=1S/C15H20N2O3/c1-10(2)9-17-15(19)12-7-5-4-6-11(12)13(16-17)8-14(18)20-3/h4-7,10,13,16H,8-9H2,1-3H3. The topological polar surface area (TPSA) is 58.6 Å². The molecule has 0 aliphatic carbocycles. The second-order valence-corrected chi connectivity index (χ2v) is 5.36. The molecule has 108 valence electrons. The van der Waals surface area contributed by atoms with E-state index in [1.165, 1.54) is 7.11 Å². The molecule has 1 aliphatic heterocycles. The predicted octanol–water partition coefficient (Wildman–Crippen LogP) is 1.91. The van der Waals surface area contributed by atoms with Gasteiger partial charge in [-0.3, -0.25) is 14.6 Å². The quantitative estimate of drug-likeness (QED) is 0.853. The molecule has 0 radical (unpaired) electrons. The third kappa shape index (κ3) is 2.99. The van der Waals surface area contributed by atoms with Gasteiger partial charge in [-0.05, 0) is 17.5 Å². The van der Waals surface area contributed by atoms with E-state index in [9.17, 15) is 9.59 Å². The van der Waals surface area contributed by atoms with Crippen LogP contribution in [0.15, 0.2) is 24.3 Å². The van der Waals surface area contributed by atoms with E-state index in [4.69, 9.17) is 4.74 Å². The fraction of sp³-hybridized carbons (Fsp3) is 0.467. The van der Waals surface area contributed by atoms with Gasteiger partial charge in [0.2, 0.25) is 0 Å². The van der Waals surface area contributed by atoms with Gasteiger partial charge >= 0.3 is 5.97 Å². The third-order valence-corrected chi connectivity index (χ3v) is 3.27. The second kappa shape index (κ2) is 6.05. The number of carbonyl (C=O) groups excluding carboxylic acids is 2. The van der Waals surface area contributed by atoms with Crippen LogP contribution < -0.4 is 5.43 Å². The normalized spacial score (nSPS) is 18.1. The number of benzene rings is 1. The Hall–Kier alpha value is -1.88. The summed E-state index contributed by atoms with van der Waals surface area (Å²) in [6.45, 7) is 4.69. The van der Waals surface area contributed by atoms with E-state index in [0.29, 0.717) is 18.0 Å². The first-order valence-electron chi connectivity index (χ1n) is 6.76. The van der Waals surface area contributed by atoms with E-state index < -0.39 is 0 Å². The Morgan fingerprint density at radius 3 is 2.75 bits per heavy atom. The van der Waals surface area contributed by atoms with Crippen molar-refractivity contribution in [2.75, 3.05) is 13.7 Å². The Kier molecular flexibility index (Phi) is 4.39. The first-order valence-corrected chi connectivity index (χ1v) is 6.76. The summed E-state index contributed by atoms with van der Waals surface area (Å²) < 4.78 is 4.73. The van der Waals surface area contributed by atoms with E-state index in [0.717, 1.165) is 5.56 Å². The van der Waals surface area contributed by atoms with Crippen molar-refractivity contribution in [1.82, 2.24) is 10.4 Å². The van der Waals surface area contributed by atoms with Gasteiger partial charge in [0.15, 0.2) is 0 Å². The van der Waals surface area contributed by atoms with E-state index in [1.54, 1.807) is 11.1 Å². The molecule has 1 aromatic rings. The van der Waals surface area contributed by atoms with Crippen molar-refractivity contribution in [2.24, 2.45) is 5.92 Å². The van der Waals surface area contributed by atoms with Gasteiger partial charge in [0.25, 0.3) is 5.91 Å². The van der Waals surface area contributed by atoms with Crippen molar-refractivity contribution >= 4 is 11.9 Å². The van der Waals surface area contributed by atoms with E-state index in [2.05, 4.69) is 5.43 Å². The smallest absolute Gasteiger partial charge is 0.307 e. The minimum absolute atomic E-state index is 0.0459. The molecule has 20 heavy (non-hydrogen) atoms. The summed E-state index contributed by atoms with van der Waals surface area (Å²) in [6.07, 6.45) is 0.204. The Labute approximate surface area is 118 Å². The Morgan fingerprint density at radius 1 is 1.40 bits per heavy atom. The van der Waals surface area contributed by atoms with E-state index in [1.807, 2.05) is 32.0 Å². The molecule has 0 spiro atoms. The van der Waals surface area contributed by atoms with Crippen molar-refractivity contribution in [2.45, 2.75) is 26.3 Å². The maximum absolute atomic E-state index is 12.4. The second-order valence-electron chi connectivity index (χ2n) is 5.36. The molecule has 1 aromatic carbocycles. The monoisotopic (exact) mass is 276 g/mol. The summed E-state index contributed by atoms with van der Waals surface area (Å²) in [6, 6.07) is 7.16. The number of hydrazine groups is 1. The zero-order chi connectivity index (χ0) is 14.7. The number of hydrogen-bond acceptors (Lipinski definition) is 4.